The minimum absolute atomic E-state index is 0.126. The van der Waals surface area contributed by atoms with Crippen LogP contribution in [0.1, 0.15) is 22.4 Å². The summed E-state index contributed by atoms with van der Waals surface area (Å²) in [6, 6.07) is 17.5. The lowest BCUT2D eigenvalue weighted by Crippen LogP contribution is -2.17. The van der Waals surface area contributed by atoms with E-state index in [0.29, 0.717) is 17.3 Å². The summed E-state index contributed by atoms with van der Waals surface area (Å²) >= 11 is 0. The Morgan fingerprint density at radius 1 is 0.970 bits per heavy atom. The summed E-state index contributed by atoms with van der Waals surface area (Å²) in [7, 11) is 0. The summed E-state index contributed by atoms with van der Waals surface area (Å²) in [5, 5.41) is 12.9. The zero-order valence-corrected chi connectivity index (χ0v) is 18.6. The normalized spacial score (nSPS) is 11.1. The van der Waals surface area contributed by atoms with Gasteiger partial charge >= 0.3 is 0 Å². The molecule has 0 radical (unpaired) electrons. The minimum Gasteiger partial charge on any atom is -0.310 e. The van der Waals surface area contributed by atoms with Crippen LogP contribution in [0.2, 0.25) is 0 Å². The van der Waals surface area contributed by atoms with Gasteiger partial charge in [0.05, 0.1) is 29.4 Å². The van der Waals surface area contributed by atoms with Crippen LogP contribution in [-0.2, 0) is 11.2 Å². The topological polar surface area (TPSA) is 90.5 Å². The van der Waals surface area contributed by atoms with E-state index in [4.69, 9.17) is 0 Å². The number of nitrogens with one attached hydrogen (secondary N) is 1. The molecule has 3 aromatic heterocycles. The third-order valence-corrected chi connectivity index (χ3v) is 5.66. The quantitative estimate of drug-likeness (QED) is 0.447. The van der Waals surface area contributed by atoms with Gasteiger partial charge in [0.2, 0.25) is 5.91 Å². The minimum atomic E-state index is -0.126. The Labute approximate surface area is 190 Å². The molecule has 0 atom stereocenters. The Bertz CT molecular complexity index is 1470. The lowest BCUT2D eigenvalue weighted by atomic mass is 10.1. The maximum atomic E-state index is 12.7. The largest absolute Gasteiger partial charge is 0.310 e. The lowest BCUT2D eigenvalue weighted by molar-refractivity contribution is -0.115. The number of aryl methyl sites for hydroxylation is 2. The molecule has 33 heavy (non-hydrogen) atoms. The fourth-order valence-electron chi connectivity index (χ4n) is 3.86. The standard InChI is InChI=1S/C25H23N7O/c1-16-8-7-11-21(18(16)3)31-24-20(14-28-31)25(27-15-26-24)32-22(12-17(2)30-32)29-23(33)13-19-9-5-4-6-10-19/h4-12,14-15H,13H2,1-3H3,(H,29,33). The molecule has 0 spiro atoms. The van der Waals surface area contributed by atoms with Crippen molar-refractivity contribution in [1.82, 2.24) is 29.5 Å². The van der Waals surface area contributed by atoms with Crippen molar-refractivity contribution in [2.24, 2.45) is 0 Å². The van der Waals surface area contributed by atoms with Crippen LogP contribution in [0.25, 0.3) is 22.5 Å². The van der Waals surface area contributed by atoms with Gasteiger partial charge in [-0.2, -0.15) is 14.9 Å². The first-order chi connectivity index (χ1) is 16.0. The van der Waals surface area contributed by atoms with Crippen LogP contribution in [0.4, 0.5) is 5.82 Å². The monoisotopic (exact) mass is 437 g/mol. The maximum absolute atomic E-state index is 12.7. The van der Waals surface area contributed by atoms with Gasteiger partial charge in [0.1, 0.15) is 12.1 Å². The molecule has 1 N–H and O–H groups in total. The Morgan fingerprint density at radius 3 is 2.61 bits per heavy atom. The van der Waals surface area contributed by atoms with E-state index in [1.165, 1.54) is 11.9 Å². The van der Waals surface area contributed by atoms with E-state index in [0.717, 1.165) is 27.9 Å². The summed E-state index contributed by atoms with van der Waals surface area (Å²) in [6.45, 7) is 6.01. The number of aromatic nitrogens is 6. The van der Waals surface area contributed by atoms with Crippen LogP contribution in [-0.4, -0.2) is 35.4 Å². The van der Waals surface area contributed by atoms with Gasteiger partial charge in [-0.15, -0.1) is 0 Å². The van der Waals surface area contributed by atoms with Gasteiger partial charge < -0.3 is 5.32 Å². The van der Waals surface area contributed by atoms with Crippen molar-refractivity contribution >= 4 is 22.8 Å². The molecule has 0 unspecified atom stereocenters. The van der Waals surface area contributed by atoms with Crippen molar-refractivity contribution in [2.75, 3.05) is 5.32 Å². The first-order valence-corrected chi connectivity index (χ1v) is 10.7. The third-order valence-electron chi connectivity index (χ3n) is 5.66. The van der Waals surface area contributed by atoms with Gasteiger partial charge in [-0.25, -0.2) is 14.6 Å². The molecule has 0 aliphatic carbocycles. The highest BCUT2D eigenvalue weighted by Gasteiger charge is 2.18. The molecule has 0 bridgehead atoms. The Hall–Kier alpha value is -4.33. The average Bonchev–Trinajstić information content (AvgIpc) is 3.39. The van der Waals surface area contributed by atoms with Crippen molar-refractivity contribution < 1.29 is 4.79 Å². The highest BCUT2D eigenvalue weighted by molar-refractivity contribution is 5.92. The third kappa shape index (κ3) is 3.87. The second-order valence-corrected chi connectivity index (χ2v) is 8.00. The number of carbonyl (C=O) groups excluding carboxylic acids is 1. The van der Waals surface area contributed by atoms with E-state index in [-0.39, 0.29) is 12.3 Å². The highest BCUT2D eigenvalue weighted by Crippen LogP contribution is 2.26. The van der Waals surface area contributed by atoms with Crippen molar-refractivity contribution in [2.45, 2.75) is 27.2 Å². The number of hydrogen-bond acceptors (Lipinski definition) is 5. The van der Waals surface area contributed by atoms with Crippen LogP contribution in [0, 0.1) is 20.8 Å². The fraction of sp³-hybridized carbons (Fsp3) is 0.160. The molecule has 0 fully saturated rings. The summed E-state index contributed by atoms with van der Waals surface area (Å²) in [5.41, 5.74) is 5.64. The van der Waals surface area contributed by atoms with Gasteiger partial charge in [0, 0.05) is 6.07 Å². The second kappa shape index (κ2) is 8.31. The van der Waals surface area contributed by atoms with E-state index in [9.17, 15) is 4.79 Å². The van der Waals surface area contributed by atoms with Gasteiger partial charge in [-0.1, -0.05) is 42.5 Å². The summed E-state index contributed by atoms with van der Waals surface area (Å²) in [5.74, 6) is 0.978. The van der Waals surface area contributed by atoms with Crippen LogP contribution in [0.15, 0.2) is 67.1 Å². The smallest absolute Gasteiger partial charge is 0.229 e. The van der Waals surface area contributed by atoms with Crippen molar-refractivity contribution in [1.29, 1.82) is 0 Å². The van der Waals surface area contributed by atoms with Crippen molar-refractivity contribution in [3.63, 3.8) is 0 Å². The van der Waals surface area contributed by atoms with E-state index in [2.05, 4.69) is 45.4 Å². The van der Waals surface area contributed by atoms with Crippen LogP contribution in [0.3, 0.4) is 0 Å². The van der Waals surface area contributed by atoms with E-state index in [1.54, 1.807) is 10.9 Å². The number of amides is 1. The van der Waals surface area contributed by atoms with Gasteiger partial charge in [0.25, 0.3) is 0 Å². The Kier molecular flexibility index (Phi) is 5.18. The number of fused-ring (bicyclic) bond motifs is 1. The molecule has 0 aliphatic heterocycles. The summed E-state index contributed by atoms with van der Waals surface area (Å²) < 4.78 is 3.45. The molecule has 1 amide bonds. The first kappa shape index (κ1) is 20.6. The van der Waals surface area contributed by atoms with E-state index >= 15 is 0 Å². The van der Waals surface area contributed by atoms with E-state index < -0.39 is 0 Å². The maximum Gasteiger partial charge on any atom is 0.229 e. The van der Waals surface area contributed by atoms with Gasteiger partial charge in [-0.05, 0) is 43.5 Å². The SMILES string of the molecule is Cc1cc(NC(=O)Cc2ccccc2)n(-c2ncnc3c2cnn3-c2cccc(C)c2C)n1. The zero-order valence-electron chi connectivity index (χ0n) is 18.6. The molecule has 8 heteroatoms. The van der Waals surface area contributed by atoms with Crippen molar-refractivity contribution in [3.05, 3.63) is 89.5 Å². The molecule has 3 heterocycles. The molecule has 5 aromatic rings. The number of hydrogen-bond donors (Lipinski definition) is 1. The van der Waals surface area contributed by atoms with Crippen LogP contribution >= 0.6 is 0 Å². The molecule has 0 aliphatic rings. The molecule has 5 rings (SSSR count). The molecule has 0 saturated heterocycles. The second-order valence-electron chi connectivity index (χ2n) is 8.00. The predicted octanol–water partition coefficient (Wildman–Crippen LogP) is 4.11. The average molecular weight is 438 g/mol. The Balaban J connectivity index is 1.53. The number of nitrogens with zero attached hydrogens (tertiary/aromatic N) is 6. The number of benzene rings is 2. The molecule has 164 valence electrons. The zero-order chi connectivity index (χ0) is 22.9. The molecule has 0 saturated carbocycles. The summed E-state index contributed by atoms with van der Waals surface area (Å²) in [4.78, 5) is 21.7. The molecule has 2 aromatic carbocycles. The van der Waals surface area contributed by atoms with Gasteiger partial charge in [-0.3, -0.25) is 4.79 Å². The predicted molar refractivity (Wildman–Crippen MR) is 127 cm³/mol. The summed E-state index contributed by atoms with van der Waals surface area (Å²) in [6.07, 6.45) is 3.50. The number of rotatable bonds is 5. The first-order valence-electron chi connectivity index (χ1n) is 10.7. The molecular weight excluding hydrogens is 414 g/mol. The fourth-order valence-corrected chi connectivity index (χ4v) is 3.86. The highest BCUT2D eigenvalue weighted by atomic mass is 16.1. The van der Waals surface area contributed by atoms with Crippen LogP contribution < -0.4 is 5.32 Å². The van der Waals surface area contributed by atoms with Crippen molar-refractivity contribution in [3.8, 4) is 11.5 Å². The van der Waals surface area contributed by atoms with Crippen LogP contribution in [0.5, 0.6) is 0 Å². The molecular formula is C25H23N7O. The van der Waals surface area contributed by atoms with E-state index in [1.807, 2.05) is 60.1 Å². The number of carbonyl (C=O) groups is 1. The lowest BCUT2D eigenvalue weighted by Gasteiger charge is -2.10. The number of anilines is 1. The molecule has 8 nitrogen and oxygen atoms in total. The van der Waals surface area contributed by atoms with Gasteiger partial charge in [0.15, 0.2) is 11.5 Å². The Morgan fingerprint density at radius 2 is 1.79 bits per heavy atom.